The highest BCUT2D eigenvalue weighted by Crippen LogP contribution is 2.24. The van der Waals surface area contributed by atoms with Gasteiger partial charge in [0.15, 0.2) is 0 Å². The van der Waals surface area contributed by atoms with Crippen LogP contribution in [-0.4, -0.2) is 24.4 Å². The van der Waals surface area contributed by atoms with Crippen LogP contribution in [0.5, 0.6) is 0 Å². The molecule has 1 fully saturated rings. The zero-order valence-corrected chi connectivity index (χ0v) is 15.3. The molecule has 3 rings (SSSR count). The van der Waals surface area contributed by atoms with E-state index in [1.807, 2.05) is 6.92 Å². The smallest absolute Gasteiger partial charge is 0.328 e. The van der Waals surface area contributed by atoms with Gasteiger partial charge in [-0.3, -0.25) is 9.59 Å². The van der Waals surface area contributed by atoms with Crippen LogP contribution in [0.25, 0.3) is 0 Å². The molecule has 1 aliphatic rings. The third-order valence-corrected chi connectivity index (χ3v) is 4.68. The molecule has 6 nitrogen and oxygen atoms in total. The zero-order valence-electron chi connectivity index (χ0n) is 13.8. The van der Waals surface area contributed by atoms with Crippen LogP contribution in [-0.2, 0) is 9.59 Å². The monoisotopic (exact) mass is 391 g/mol. The number of carbonyl (C=O) groups excluding carboxylic acids is 3. The Morgan fingerprint density at radius 1 is 1.15 bits per heavy atom. The Hall–Kier alpha value is -2.57. The van der Waals surface area contributed by atoms with Crippen molar-refractivity contribution in [1.29, 1.82) is 0 Å². The third kappa shape index (κ3) is 3.66. The van der Waals surface area contributed by atoms with Gasteiger partial charge in [0.05, 0.1) is 5.69 Å². The minimum atomic E-state index is -1.05. The predicted octanol–water partition coefficient (Wildman–Crippen LogP) is 3.61. The van der Waals surface area contributed by atoms with Crippen molar-refractivity contribution in [3.05, 3.63) is 58.1 Å². The second-order valence-electron chi connectivity index (χ2n) is 5.84. The van der Waals surface area contributed by atoms with Crippen molar-refractivity contribution in [2.24, 2.45) is 5.92 Å². The maximum Gasteiger partial charge on any atom is 0.328 e. The molecule has 4 amide bonds. The molecule has 0 aliphatic carbocycles. The van der Waals surface area contributed by atoms with Gasteiger partial charge in [0.25, 0.3) is 0 Å². The first-order chi connectivity index (χ1) is 12.4. The number of anilines is 2. The summed E-state index contributed by atoms with van der Waals surface area (Å²) >= 11 is 11.9. The lowest BCUT2D eigenvalue weighted by Gasteiger charge is -2.30. The number of benzene rings is 2. The van der Waals surface area contributed by atoms with Crippen LogP contribution in [0.15, 0.2) is 42.5 Å². The molecule has 2 N–H and O–H groups in total. The first-order valence-corrected chi connectivity index (χ1v) is 8.57. The van der Waals surface area contributed by atoms with Crippen LogP contribution in [0.1, 0.15) is 5.56 Å². The molecule has 0 spiro atoms. The molecule has 2 aromatic rings. The van der Waals surface area contributed by atoms with Crippen molar-refractivity contribution < 1.29 is 14.4 Å². The SMILES string of the molecule is Cc1ccc(NC(=O)C2CNC(=O)N(c3ccc(Cl)cc3)C2=O)cc1Cl. The number of amides is 4. The van der Waals surface area contributed by atoms with E-state index in [4.69, 9.17) is 23.2 Å². The van der Waals surface area contributed by atoms with Crippen LogP contribution in [0.4, 0.5) is 16.2 Å². The minimum Gasteiger partial charge on any atom is -0.336 e. The topological polar surface area (TPSA) is 78.5 Å². The molecule has 1 aliphatic heterocycles. The second kappa shape index (κ2) is 7.35. The van der Waals surface area contributed by atoms with Gasteiger partial charge >= 0.3 is 6.03 Å². The third-order valence-electron chi connectivity index (χ3n) is 4.02. The van der Waals surface area contributed by atoms with Crippen LogP contribution < -0.4 is 15.5 Å². The number of halogens is 2. The number of nitrogens with zero attached hydrogens (tertiary/aromatic N) is 1. The lowest BCUT2D eigenvalue weighted by atomic mass is 10.0. The van der Waals surface area contributed by atoms with E-state index in [2.05, 4.69) is 10.6 Å². The Labute approximate surface area is 160 Å². The van der Waals surface area contributed by atoms with E-state index in [9.17, 15) is 14.4 Å². The molecule has 1 saturated heterocycles. The molecule has 1 atom stereocenters. The van der Waals surface area contributed by atoms with E-state index < -0.39 is 23.8 Å². The number of carbonyl (C=O) groups is 3. The minimum absolute atomic E-state index is 0.0762. The molecule has 26 heavy (non-hydrogen) atoms. The highest BCUT2D eigenvalue weighted by molar-refractivity contribution is 6.32. The van der Waals surface area contributed by atoms with E-state index in [-0.39, 0.29) is 6.54 Å². The Morgan fingerprint density at radius 2 is 1.85 bits per heavy atom. The normalized spacial score (nSPS) is 17.0. The van der Waals surface area contributed by atoms with E-state index in [1.165, 1.54) is 0 Å². The van der Waals surface area contributed by atoms with Crippen LogP contribution in [0.3, 0.4) is 0 Å². The van der Waals surface area contributed by atoms with Crippen molar-refractivity contribution in [3.8, 4) is 0 Å². The molecule has 1 heterocycles. The first kappa shape index (κ1) is 18.2. The lowest BCUT2D eigenvalue weighted by molar-refractivity contribution is -0.130. The molecule has 0 bridgehead atoms. The summed E-state index contributed by atoms with van der Waals surface area (Å²) < 4.78 is 0. The molecule has 2 aromatic carbocycles. The summed E-state index contributed by atoms with van der Waals surface area (Å²) in [6.45, 7) is 1.77. The quantitative estimate of drug-likeness (QED) is 0.784. The fourth-order valence-electron chi connectivity index (χ4n) is 2.55. The van der Waals surface area contributed by atoms with Crippen LogP contribution in [0.2, 0.25) is 10.0 Å². The second-order valence-corrected chi connectivity index (χ2v) is 6.69. The predicted molar refractivity (Wildman–Crippen MR) is 101 cm³/mol. The van der Waals surface area contributed by atoms with Gasteiger partial charge in [-0.05, 0) is 48.9 Å². The van der Waals surface area contributed by atoms with Gasteiger partial charge in [-0.2, -0.15) is 0 Å². The van der Waals surface area contributed by atoms with E-state index >= 15 is 0 Å². The summed E-state index contributed by atoms with van der Waals surface area (Å²) in [6.07, 6.45) is 0. The summed E-state index contributed by atoms with van der Waals surface area (Å²) in [5.74, 6) is -2.18. The van der Waals surface area contributed by atoms with Gasteiger partial charge in [-0.1, -0.05) is 29.3 Å². The average molecular weight is 392 g/mol. The van der Waals surface area contributed by atoms with Gasteiger partial charge in [0.2, 0.25) is 11.8 Å². The van der Waals surface area contributed by atoms with Gasteiger partial charge in [0, 0.05) is 22.3 Å². The number of imide groups is 1. The van der Waals surface area contributed by atoms with Crippen LogP contribution >= 0.6 is 23.2 Å². The fourth-order valence-corrected chi connectivity index (χ4v) is 2.86. The molecule has 0 saturated carbocycles. The van der Waals surface area contributed by atoms with Gasteiger partial charge < -0.3 is 10.6 Å². The van der Waals surface area contributed by atoms with Crippen molar-refractivity contribution in [2.75, 3.05) is 16.8 Å². The average Bonchev–Trinajstić information content (AvgIpc) is 2.60. The Balaban J connectivity index is 1.80. The summed E-state index contributed by atoms with van der Waals surface area (Å²) in [5, 5.41) is 6.21. The molecule has 0 aromatic heterocycles. The summed E-state index contributed by atoms with van der Waals surface area (Å²) in [5.41, 5.74) is 1.70. The van der Waals surface area contributed by atoms with Crippen molar-refractivity contribution in [2.45, 2.75) is 6.92 Å². The zero-order chi connectivity index (χ0) is 18.8. The highest BCUT2D eigenvalue weighted by atomic mass is 35.5. The van der Waals surface area contributed by atoms with E-state index in [0.717, 1.165) is 10.5 Å². The Morgan fingerprint density at radius 3 is 2.50 bits per heavy atom. The van der Waals surface area contributed by atoms with Gasteiger partial charge in [-0.25, -0.2) is 9.69 Å². The number of aryl methyl sites for hydroxylation is 1. The Kier molecular flexibility index (Phi) is 5.15. The summed E-state index contributed by atoms with van der Waals surface area (Å²) in [7, 11) is 0. The molecule has 8 heteroatoms. The number of urea groups is 1. The number of nitrogens with one attached hydrogen (secondary N) is 2. The van der Waals surface area contributed by atoms with E-state index in [0.29, 0.717) is 21.4 Å². The van der Waals surface area contributed by atoms with Crippen molar-refractivity contribution in [3.63, 3.8) is 0 Å². The highest BCUT2D eigenvalue weighted by Gasteiger charge is 2.39. The lowest BCUT2D eigenvalue weighted by Crippen LogP contribution is -2.58. The number of rotatable bonds is 3. The maximum absolute atomic E-state index is 12.7. The Bertz CT molecular complexity index is 884. The first-order valence-electron chi connectivity index (χ1n) is 7.81. The standard InChI is InChI=1S/C18H15Cl2N3O3/c1-10-2-5-12(8-15(10)20)22-16(24)14-9-21-18(26)23(17(14)25)13-6-3-11(19)4-7-13/h2-8,14H,9H2,1H3,(H,21,26)(H,22,24). The number of hydrogen-bond donors (Lipinski definition) is 2. The largest absolute Gasteiger partial charge is 0.336 e. The molecular formula is C18H15Cl2N3O3. The molecule has 134 valence electrons. The summed E-state index contributed by atoms with van der Waals surface area (Å²) in [4.78, 5) is 38.3. The molecule has 1 unspecified atom stereocenters. The van der Waals surface area contributed by atoms with Gasteiger partial charge in [-0.15, -0.1) is 0 Å². The maximum atomic E-state index is 12.7. The van der Waals surface area contributed by atoms with Crippen LogP contribution in [0, 0.1) is 12.8 Å². The van der Waals surface area contributed by atoms with Gasteiger partial charge in [0.1, 0.15) is 5.92 Å². The number of hydrogen-bond acceptors (Lipinski definition) is 3. The summed E-state index contributed by atoms with van der Waals surface area (Å²) in [6, 6.07) is 10.7. The van der Waals surface area contributed by atoms with E-state index in [1.54, 1.807) is 42.5 Å². The molecular weight excluding hydrogens is 377 g/mol. The molecule has 0 radical (unpaired) electrons. The fraction of sp³-hybridized carbons (Fsp3) is 0.167. The van der Waals surface area contributed by atoms with Crippen molar-refractivity contribution >= 4 is 52.4 Å². The van der Waals surface area contributed by atoms with Crippen molar-refractivity contribution in [1.82, 2.24) is 5.32 Å².